The summed E-state index contributed by atoms with van der Waals surface area (Å²) in [7, 11) is 6.36. The van der Waals surface area contributed by atoms with Gasteiger partial charge >= 0.3 is 0 Å². The summed E-state index contributed by atoms with van der Waals surface area (Å²) < 4.78 is 21.2. The molecular weight excluding hydrogens is 378 g/mol. The predicted molar refractivity (Wildman–Crippen MR) is 111 cm³/mol. The maximum Gasteiger partial charge on any atom is 0.203 e. The maximum absolute atomic E-state index is 5.35. The van der Waals surface area contributed by atoms with Crippen LogP contribution in [0.2, 0.25) is 0 Å². The van der Waals surface area contributed by atoms with E-state index in [1.807, 2.05) is 41.8 Å². The van der Waals surface area contributed by atoms with Gasteiger partial charge in [0.05, 0.1) is 40.3 Å². The summed E-state index contributed by atoms with van der Waals surface area (Å²) in [5.41, 5.74) is 5.63. The molecule has 0 aliphatic rings. The van der Waals surface area contributed by atoms with Crippen molar-refractivity contribution in [3.8, 4) is 34.3 Å². The van der Waals surface area contributed by atoms with Crippen LogP contribution in [0.5, 0.6) is 23.0 Å². The lowest BCUT2D eigenvalue weighted by Gasteiger charge is -2.12. The third kappa shape index (κ3) is 4.34. The third-order valence-corrected chi connectivity index (χ3v) is 4.70. The Balaban J connectivity index is 1.72. The van der Waals surface area contributed by atoms with Crippen molar-refractivity contribution < 1.29 is 18.9 Å². The standard InChI is InChI=1S/C20H21N3O4S/c1-24-15-7-5-14(6-8-15)16-12-28-20(22-16)23-21-11-13-9-17(25-2)19(27-4)18(10-13)26-3/h5-12H,1-4H3,(H,22,23)/b21-11-. The van der Waals surface area contributed by atoms with E-state index in [2.05, 4.69) is 15.5 Å². The van der Waals surface area contributed by atoms with Gasteiger partial charge in [0.25, 0.3) is 0 Å². The lowest BCUT2D eigenvalue weighted by atomic mass is 10.2. The summed E-state index contributed by atoms with van der Waals surface area (Å²) in [4.78, 5) is 4.55. The Kier molecular flexibility index (Phi) is 6.33. The highest BCUT2D eigenvalue weighted by molar-refractivity contribution is 7.14. The second-order valence-electron chi connectivity index (χ2n) is 5.60. The zero-order valence-electron chi connectivity index (χ0n) is 16.1. The Morgan fingerprint density at radius 3 is 2.18 bits per heavy atom. The van der Waals surface area contributed by atoms with Gasteiger partial charge in [0.2, 0.25) is 10.9 Å². The Labute approximate surface area is 167 Å². The van der Waals surface area contributed by atoms with Crippen LogP contribution >= 0.6 is 11.3 Å². The Morgan fingerprint density at radius 1 is 0.929 bits per heavy atom. The summed E-state index contributed by atoms with van der Waals surface area (Å²) >= 11 is 1.47. The monoisotopic (exact) mass is 399 g/mol. The second-order valence-corrected chi connectivity index (χ2v) is 6.45. The smallest absolute Gasteiger partial charge is 0.203 e. The number of benzene rings is 2. The van der Waals surface area contributed by atoms with Gasteiger partial charge in [-0.2, -0.15) is 5.10 Å². The number of hydrazone groups is 1. The van der Waals surface area contributed by atoms with Crippen LogP contribution in [-0.4, -0.2) is 39.6 Å². The quantitative estimate of drug-likeness (QED) is 0.450. The van der Waals surface area contributed by atoms with E-state index in [9.17, 15) is 0 Å². The normalized spacial score (nSPS) is 10.7. The van der Waals surface area contributed by atoms with Crippen molar-refractivity contribution in [1.29, 1.82) is 0 Å². The Bertz CT molecular complexity index is 929. The first kappa shape index (κ1) is 19.5. The van der Waals surface area contributed by atoms with Gasteiger partial charge in [-0.1, -0.05) is 0 Å². The van der Waals surface area contributed by atoms with Gasteiger partial charge in [-0.05, 0) is 36.4 Å². The number of thiazole rings is 1. The highest BCUT2D eigenvalue weighted by Gasteiger charge is 2.12. The van der Waals surface area contributed by atoms with Crippen LogP contribution in [0.4, 0.5) is 5.13 Å². The van der Waals surface area contributed by atoms with Crippen LogP contribution in [0.25, 0.3) is 11.3 Å². The zero-order valence-corrected chi connectivity index (χ0v) is 16.9. The molecule has 3 aromatic rings. The van der Waals surface area contributed by atoms with Crippen molar-refractivity contribution in [1.82, 2.24) is 4.98 Å². The molecule has 0 bridgehead atoms. The number of methoxy groups -OCH3 is 4. The molecule has 0 saturated heterocycles. The molecule has 7 nitrogen and oxygen atoms in total. The van der Waals surface area contributed by atoms with Gasteiger partial charge in [-0.15, -0.1) is 11.3 Å². The number of hydrogen-bond donors (Lipinski definition) is 1. The highest BCUT2D eigenvalue weighted by atomic mass is 32.1. The van der Waals surface area contributed by atoms with Crippen LogP contribution < -0.4 is 24.4 Å². The van der Waals surface area contributed by atoms with E-state index < -0.39 is 0 Å². The highest BCUT2D eigenvalue weighted by Crippen LogP contribution is 2.37. The molecule has 1 aromatic heterocycles. The first-order chi connectivity index (χ1) is 13.7. The summed E-state index contributed by atoms with van der Waals surface area (Å²) in [5, 5.41) is 6.91. The van der Waals surface area contributed by atoms with Crippen molar-refractivity contribution in [3.05, 3.63) is 47.3 Å². The Morgan fingerprint density at radius 2 is 1.61 bits per heavy atom. The number of ether oxygens (including phenoxy) is 4. The molecule has 0 amide bonds. The summed E-state index contributed by atoms with van der Waals surface area (Å²) in [6.45, 7) is 0. The molecule has 0 saturated carbocycles. The number of rotatable bonds is 8. The van der Waals surface area contributed by atoms with Gasteiger partial charge in [0, 0.05) is 16.5 Å². The zero-order chi connectivity index (χ0) is 19.9. The van der Waals surface area contributed by atoms with E-state index in [1.54, 1.807) is 34.7 Å². The minimum absolute atomic E-state index is 0.541. The molecule has 8 heteroatoms. The minimum atomic E-state index is 0.541. The molecule has 0 radical (unpaired) electrons. The second kappa shape index (κ2) is 9.09. The van der Waals surface area contributed by atoms with Crippen molar-refractivity contribution in [2.24, 2.45) is 5.10 Å². The molecule has 1 N–H and O–H groups in total. The lowest BCUT2D eigenvalue weighted by Crippen LogP contribution is -1.97. The molecule has 0 fully saturated rings. The summed E-state index contributed by atoms with van der Waals surface area (Å²) in [6, 6.07) is 11.4. The third-order valence-electron chi connectivity index (χ3n) is 3.95. The maximum atomic E-state index is 5.35. The lowest BCUT2D eigenvalue weighted by molar-refractivity contribution is 0.324. The average Bonchev–Trinajstić information content (AvgIpc) is 3.21. The van der Waals surface area contributed by atoms with E-state index in [4.69, 9.17) is 18.9 Å². The van der Waals surface area contributed by atoms with Crippen LogP contribution in [0, 0.1) is 0 Å². The molecule has 0 atom stereocenters. The van der Waals surface area contributed by atoms with Crippen molar-refractivity contribution in [2.45, 2.75) is 0 Å². The number of nitrogens with one attached hydrogen (secondary N) is 1. The van der Waals surface area contributed by atoms with E-state index in [0.717, 1.165) is 22.6 Å². The van der Waals surface area contributed by atoms with Crippen molar-refractivity contribution >= 4 is 22.7 Å². The molecular formula is C20H21N3O4S. The van der Waals surface area contributed by atoms with Gasteiger partial charge in [-0.3, -0.25) is 5.43 Å². The van der Waals surface area contributed by atoms with Gasteiger partial charge in [0.15, 0.2) is 11.5 Å². The number of anilines is 1. The van der Waals surface area contributed by atoms with E-state index in [-0.39, 0.29) is 0 Å². The molecule has 1 heterocycles. The molecule has 0 spiro atoms. The summed E-state index contributed by atoms with van der Waals surface area (Å²) in [5.74, 6) is 2.49. The van der Waals surface area contributed by atoms with E-state index in [0.29, 0.717) is 22.4 Å². The molecule has 0 aliphatic carbocycles. The Hall–Kier alpha value is -3.26. The van der Waals surface area contributed by atoms with Crippen LogP contribution in [0.3, 0.4) is 0 Å². The van der Waals surface area contributed by atoms with Crippen LogP contribution in [-0.2, 0) is 0 Å². The summed E-state index contributed by atoms with van der Waals surface area (Å²) in [6.07, 6.45) is 1.67. The fourth-order valence-electron chi connectivity index (χ4n) is 2.56. The van der Waals surface area contributed by atoms with Crippen molar-refractivity contribution in [3.63, 3.8) is 0 Å². The topological polar surface area (TPSA) is 74.2 Å². The molecule has 0 aliphatic heterocycles. The first-order valence-electron chi connectivity index (χ1n) is 8.37. The fraction of sp³-hybridized carbons (Fsp3) is 0.200. The van der Waals surface area contributed by atoms with Gasteiger partial charge in [-0.25, -0.2) is 4.98 Å². The fourth-order valence-corrected chi connectivity index (χ4v) is 3.23. The van der Waals surface area contributed by atoms with Crippen LogP contribution in [0.1, 0.15) is 5.56 Å². The number of nitrogens with zero attached hydrogens (tertiary/aromatic N) is 2. The molecule has 146 valence electrons. The largest absolute Gasteiger partial charge is 0.497 e. The SMILES string of the molecule is COc1ccc(-c2csc(N/N=C\c3cc(OC)c(OC)c(OC)c3)n2)cc1. The van der Waals surface area contributed by atoms with Gasteiger partial charge in [0.1, 0.15) is 5.75 Å². The van der Waals surface area contributed by atoms with Gasteiger partial charge < -0.3 is 18.9 Å². The molecule has 3 rings (SSSR count). The molecule has 28 heavy (non-hydrogen) atoms. The first-order valence-corrected chi connectivity index (χ1v) is 9.25. The molecule has 2 aromatic carbocycles. The predicted octanol–water partition coefficient (Wildman–Crippen LogP) is 4.29. The van der Waals surface area contributed by atoms with E-state index >= 15 is 0 Å². The minimum Gasteiger partial charge on any atom is -0.497 e. The number of hydrogen-bond acceptors (Lipinski definition) is 8. The molecule has 0 unspecified atom stereocenters. The van der Waals surface area contributed by atoms with Crippen LogP contribution in [0.15, 0.2) is 46.9 Å². The average molecular weight is 399 g/mol. The van der Waals surface area contributed by atoms with E-state index in [1.165, 1.54) is 11.3 Å². The number of aromatic nitrogens is 1. The van der Waals surface area contributed by atoms with Crippen molar-refractivity contribution in [2.75, 3.05) is 33.9 Å².